The Morgan fingerprint density at radius 3 is 2.38 bits per heavy atom. The third-order valence-electron chi connectivity index (χ3n) is 2.18. The van der Waals surface area contributed by atoms with Crippen molar-refractivity contribution in [2.24, 2.45) is 0 Å². The molecular formula is C15H26S. The molecule has 0 amide bonds. The largest absolute Gasteiger partial charge is 0.126 e. The average molecular weight is 238 g/mol. The van der Waals surface area contributed by atoms with Crippen LogP contribution in [0.4, 0.5) is 0 Å². The predicted octanol–water partition coefficient (Wildman–Crippen LogP) is 5.73. The quantitative estimate of drug-likeness (QED) is 0.384. The summed E-state index contributed by atoms with van der Waals surface area (Å²) in [5, 5.41) is 0. The molecule has 0 aromatic rings. The van der Waals surface area contributed by atoms with Gasteiger partial charge in [-0.3, -0.25) is 0 Å². The van der Waals surface area contributed by atoms with Gasteiger partial charge in [0.2, 0.25) is 0 Å². The van der Waals surface area contributed by atoms with Gasteiger partial charge in [-0.15, -0.1) is 11.8 Å². The lowest BCUT2D eigenvalue weighted by molar-refractivity contribution is 0.707. The van der Waals surface area contributed by atoms with Crippen molar-refractivity contribution in [2.75, 3.05) is 5.75 Å². The van der Waals surface area contributed by atoms with Crippen molar-refractivity contribution in [3.05, 3.63) is 34.8 Å². The molecule has 0 N–H and O–H groups in total. The van der Waals surface area contributed by atoms with Gasteiger partial charge in [0.05, 0.1) is 0 Å². The van der Waals surface area contributed by atoms with Crippen molar-refractivity contribution < 1.29 is 0 Å². The number of rotatable bonds is 8. The Morgan fingerprint density at radius 1 is 1.06 bits per heavy atom. The second-order valence-corrected chi connectivity index (χ2v) is 5.39. The molecule has 0 spiro atoms. The Morgan fingerprint density at radius 2 is 1.81 bits per heavy atom. The van der Waals surface area contributed by atoms with E-state index in [0.717, 1.165) is 0 Å². The molecule has 0 aliphatic heterocycles. The van der Waals surface area contributed by atoms with E-state index in [1.165, 1.54) is 41.9 Å². The van der Waals surface area contributed by atoms with Crippen LogP contribution in [-0.2, 0) is 0 Å². The van der Waals surface area contributed by atoms with E-state index in [1.54, 1.807) is 0 Å². The van der Waals surface area contributed by atoms with E-state index in [0.29, 0.717) is 0 Å². The molecular weight excluding hydrogens is 212 g/mol. The summed E-state index contributed by atoms with van der Waals surface area (Å²) in [5.74, 6) is 1.24. The minimum absolute atomic E-state index is 1.24. The van der Waals surface area contributed by atoms with Gasteiger partial charge in [-0.1, -0.05) is 50.0 Å². The first-order valence-corrected chi connectivity index (χ1v) is 7.30. The second-order valence-electron chi connectivity index (χ2n) is 4.22. The highest BCUT2D eigenvalue weighted by Crippen LogP contribution is 2.19. The maximum Gasteiger partial charge on any atom is 0.00686 e. The monoisotopic (exact) mass is 238 g/mol. The van der Waals surface area contributed by atoms with E-state index < -0.39 is 0 Å². The highest BCUT2D eigenvalue weighted by atomic mass is 32.2. The minimum Gasteiger partial charge on any atom is -0.126 e. The third kappa shape index (κ3) is 10.1. The molecule has 0 nitrogen and oxygen atoms in total. The summed E-state index contributed by atoms with van der Waals surface area (Å²) in [6.07, 6.45) is 14.1. The molecule has 0 fully saturated rings. The lowest BCUT2D eigenvalue weighted by Crippen LogP contribution is -1.81. The van der Waals surface area contributed by atoms with Gasteiger partial charge in [-0.2, -0.15) is 0 Å². The molecule has 0 aromatic heterocycles. The summed E-state index contributed by atoms with van der Waals surface area (Å²) in [5.41, 5.74) is 1.36. The highest BCUT2D eigenvalue weighted by molar-refractivity contribution is 8.03. The summed E-state index contributed by atoms with van der Waals surface area (Å²) in [7, 11) is 0. The summed E-state index contributed by atoms with van der Waals surface area (Å²) in [6, 6.07) is 0. The van der Waals surface area contributed by atoms with Gasteiger partial charge in [0, 0.05) is 4.91 Å². The summed E-state index contributed by atoms with van der Waals surface area (Å²) < 4.78 is 0. The Hall–Kier alpha value is -0.430. The lowest BCUT2D eigenvalue weighted by atomic mass is 10.2. The van der Waals surface area contributed by atoms with Gasteiger partial charge in [0.1, 0.15) is 0 Å². The Kier molecular flexibility index (Phi) is 10.8. The maximum absolute atomic E-state index is 2.26. The molecule has 0 bridgehead atoms. The Balaban J connectivity index is 3.95. The van der Waals surface area contributed by atoms with E-state index in [-0.39, 0.29) is 0 Å². The zero-order valence-corrected chi connectivity index (χ0v) is 12.1. The molecule has 0 saturated carbocycles. The topological polar surface area (TPSA) is 0 Å². The number of hydrogen-bond acceptors (Lipinski definition) is 1. The van der Waals surface area contributed by atoms with E-state index >= 15 is 0 Å². The maximum atomic E-state index is 2.26. The van der Waals surface area contributed by atoms with E-state index in [1.807, 2.05) is 11.8 Å². The zero-order valence-electron chi connectivity index (χ0n) is 11.3. The third-order valence-corrected chi connectivity index (χ3v) is 3.28. The molecule has 0 aliphatic carbocycles. The molecule has 0 saturated heterocycles. The van der Waals surface area contributed by atoms with Crippen molar-refractivity contribution in [3.63, 3.8) is 0 Å². The SMILES string of the molecule is C/C=C\C(=C/C=C(C)C)SCCCCCC. The summed E-state index contributed by atoms with van der Waals surface area (Å²) in [6.45, 7) is 8.60. The molecule has 0 heterocycles. The van der Waals surface area contributed by atoms with Crippen LogP contribution in [0.5, 0.6) is 0 Å². The molecule has 0 aliphatic rings. The van der Waals surface area contributed by atoms with E-state index in [4.69, 9.17) is 0 Å². The van der Waals surface area contributed by atoms with Crippen LogP contribution < -0.4 is 0 Å². The molecule has 0 aromatic carbocycles. The molecule has 0 atom stereocenters. The van der Waals surface area contributed by atoms with Crippen LogP contribution in [0.15, 0.2) is 34.8 Å². The van der Waals surface area contributed by atoms with Crippen LogP contribution in [0, 0.1) is 0 Å². The minimum atomic E-state index is 1.24. The van der Waals surface area contributed by atoms with E-state index in [9.17, 15) is 0 Å². The molecule has 16 heavy (non-hydrogen) atoms. The van der Waals surface area contributed by atoms with Crippen molar-refractivity contribution in [1.29, 1.82) is 0 Å². The van der Waals surface area contributed by atoms with Crippen LogP contribution in [0.2, 0.25) is 0 Å². The number of hydrogen-bond donors (Lipinski definition) is 0. The van der Waals surface area contributed by atoms with Gasteiger partial charge >= 0.3 is 0 Å². The molecule has 1 heteroatoms. The zero-order chi connectivity index (χ0) is 12.2. The molecule has 0 unspecified atom stereocenters. The number of allylic oxidation sites excluding steroid dienone is 5. The van der Waals surface area contributed by atoms with Crippen LogP contribution in [-0.4, -0.2) is 5.75 Å². The Bertz CT molecular complexity index is 242. The van der Waals surface area contributed by atoms with Crippen molar-refractivity contribution in [3.8, 4) is 0 Å². The predicted molar refractivity (Wildman–Crippen MR) is 78.9 cm³/mol. The van der Waals surface area contributed by atoms with Crippen LogP contribution in [0.1, 0.15) is 53.4 Å². The summed E-state index contributed by atoms with van der Waals surface area (Å²) in [4.78, 5) is 1.38. The van der Waals surface area contributed by atoms with Gasteiger partial charge in [0.25, 0.3) is 0 Å². The van der Waals surface area contributed by atoms with Gasteiger partial charge < -0.3 is 0 Å². The van der Waals surface area contributed by atoms with Gasteiger partial charge in [-0.25, -0.2) is 0 Å². The molecule has 0 rings (SSSR count). The number of thioether (sulfide) groups is 1. The smallest absolute Gasteiger partial charge is 0.00686 e. The van der Waals surface area contributed by atoms with Gasteiger partial charge in [-0.05, 0) is 39.0 Å². The van der Waals surface area contributed by atoms with Crippen molar-refractivity contribution >= 4 is 11.8 Å². The van der Waals surface area contributed by atoms with Crippen LogP contribution in [0.25, 0.3) is 0 Å². The Labute approximate surface area is 106 Å². The molecule has 0 radical (unpaired) electrons. The lowest BCUT2D eigenvalue weighted by Gasteiger charge is -2.01. The first-order valence-electron chi connectivity index (χ1n) is 6.31. The fourth-order valence-corrected chi connectivity index (χ4v) is 2.26. The first kappa shape index (κ1) is 15.6. The first-order chi connectivity index (χ1) is 7.70. The summed E-state index contributed by atoms with van der Waals surface area (Å²) >= 11 is 1.97. The van der Waals surface area contributed by atoms with Crippen molar-refractivity contribution in [1.82, 2.24) is 0 Å². The molecule has 92 valence electrons. The number of unbranched alkanes of at least 4 members (excludes halogenated alkanes) is 3. The van der Waals surface area contributed by atoms with Crippen LogP contribution in [0.3, 0.4) is 0 Å². The fraction of sp³-hybridized carbons (Fsp3) is 0.600. The average Bonchev–Trinajstić information content (AvgIpc) is 2.25. The van der Waals surface area contributed by atoms with Crippen molar-refractivity contribution in [2.45, 2.75) is 53.4 Å². The standard InChI is InChI=1S/C15H26S/c1-5-7-8-9-13-16-15(10-6-2)12-11-14(3)4/h6,10-12H,5,7-9,13H2,1-4H3/b10-6-,15-12+. The van der Waals surface area contributed by atoms with E-state index in [2.05, 4.69) is 52.0 Å². The fourth-order valence-electron chi connectivity index (χ4n) is 1.28. The normalized spacial score (nSPS) is 12.1. The second kappa shape index (κ2) is 11.1. The van der Waals surface area contributed by atoms with Gasteiger partial charge in [0.15, 0.2) is 0 Å². The van der Waals surface area contributed by atoms with Crippen LogP contribution >= 0.6 is 11.8 Å². The highest BCUT2D eigenvalue weighted by Gasteiger charge is 1.93.